The maximum absolute atomic E-state index is 11.8. The maximum atomic E-state index is 11.8. The summed E-state index contributed by atoms with van der Waals surface area (Å²) in [5.74, 6) is 0. The maximum Gasteiger partial charge on any atom is 0.208 e. The molecule has 0 spiro atoms. The minimum absolute atomic E-state index is 0.122. The smallest absolute Gasteiger partial charge is 0.208 e. The third-order valence-electron chi connectivity index (χ3n) is 2.48. The van der Waals surface area contributed by atoms with Gasteiger partial charge in [-0.2, -0.15) is 0 Å². The Morgan fingerprint density at radius 2 is 2.07 bits per heavy atom. The molecule has 0 aliphatic heterocycles. The first kappa shape index (κ1) is 10.7. The SMILES string of the molecule is Cc1cc2[nH]cc(Cl)c(=O)c2c(C)c1Br. The number of aryl methyl sites for hydroxylation is 2. The Bertz CT molecular complexity index is 604. The van der Waals surface area contributed by atoms with Crippen molar-refractivity contribution < 1.29 is 0 Å². The Morgan fingerprint density at radius 3 is 2.73 bits per heavy atom. The molecular formula is C11H9BrClNO. The van der Waals surface area contributed by atoms with Crippen LogP contribution in [0.25, 0.3) is 10.9 Å². The van der Waals surface area contributed by atoms with Crippen LogP contribution in [0.1, 0.15) is 11.1 Å². The second-order valence-electron chi connectivity index (χ2n) is 3.52. The Morgan fingerprint density at radius 1 is 1.40 bits per heavy atom. The fourth-order valence-electron chi connectivity index (χ4n) is 1.69. The number of fused-ring (bicyclic) bond motifs is 1. The zero-order chi connectivity index (χ0) is 11.2. The van der Waals surface area contributed by atoms with Crippen LogP contribution in [0.4, 0.5) is 0 Å². The Labute approximate surface area is 100 Å². The van der Waals surface area contributed by atoms with Crippen molar-refractivity contribution in [3.05, 3.63) is 43.1 Å². The molecule has 0 unspecified atom stereocenters. The van der Waals surface area contributed by atoms with Crippen molar-refractivity contribution in [3.63, 3.8) is 0 Å². The normalized spacial score (nSPS) is 10.9. The predicted octanol–water partition coefficient (Wildman–Crippen LogP) is 3.56. The lowest BCUT2D eigenvalue weighted by atomic mass is 10.1. The van der Waals surface area contributed by atoms with Gasteiger partial charge in [0, 0.05) is 16.2 Å². The summed E-state index contributed by atoms with van der Waals surface area (Å²) >= 11 is 9.26. The van der Waals surface area contributed by atoms with Crippen LogP contribution in [0.2, 0.25) is 5.02 Å². The van der Waals surface area contributed by atoms with E-state index in [4.69, 9.17) is 11.6 Å². The zero-order valence-corrected chi connectivity index (χ0v) is 10.7. The average Bonchev–Trinajstić information content (AvgIpc) is 2.20. The molecule has 0 aliphatic rings. The van der Waals surface area contributed by atoms with Crippen LogP contribution in [0.15, 0.2) is 21.5 Å². The van der Waals surface area contributed by atoms with Crippen LogP contribution in [0.5, 0.6) is 0 Å². The molecule has 1 aromatic carbocycles. The standard InChI is InChI=1S/C11H9BrClNO/c1-5-3-8-9(6(2)10(5)12)11(15)7(13)4-14-8/h3-4H,1-2H3,(H,14,15). The number of hydrogen-bond acceptors (Lipinski definition) is 1. The molecule has 2 aromatic rings. The highest BCUT2D eigenvalue weighted by molar-refractivity contribution is 9.10. The van der Waals surface area contributed by atoms with E-state index in [1.807, 2.05) is 19.9 Å². The summed E-state index contributed by atoms with van der Waals surface area (Å²) in [5, 5.41) is 0.876. The molecule has 2 rings (SSSR count). The number of H-pyrrole nitrogens is 1. The minimum atomic E-state index is -0.122. The largest absolute Gasteiger partial charge is 0.360 e. The Balaban J connectivity index is 3.07. The summed E-state index contributed by atoms with van der Waals surface area (Å²) in [7, 11) is 0. The highest BCUT2D eigenvalue weighted by Gasteiger charge is 2.10. The number of benzene rings is 1. The monoisotopic (exact) mass is 285 g/mol. The van der Waals surface area contributed by atoms with E-state index in [2.05, 4.69) is 20.9 Å². The summed E-state index contributed by atoms with van der Waals surface area (Å²) in [4.78, 5) is 14.9. The average molecular weight is 287 g/mol. The quantitative estimate of drug-likeness (QED) is 0.789. The van der Waals surface area contributed by atoms with Gasteiger partial charge in [0.25, 0.3) is 0 Å². The summed E-state index contributed by atoms with van der Waals surface area (Å²) in [6.07, 6.45) is 1.53. The fraction of sp³-hybridized carbons (Fsp3) is 0.182. The molecular weight excluding hydrogens is 277 g/mol. The molecule has 0 atom stereocenters. The summed E-state index contributed by atoms with van der Waals surface area (Å²) in [5.41, 5.74) is 2.72. The Kier molecular flexibility index (Phi) is 2.61. The first-order chi connectivity index (χ1) is 7.02. The van der Waals surface area contributed by atoms with Gasteiger partial charge in [-0.15, -0.1) is 0 Å². The molecule has 0 bridgehead atoms. The lowest BCUT2D eigenvalue weighted by Crippen LogP contribution is -2.05. The van der Waals surface area contributed by atoms with Crippen molar-refractivity contribution in [2.75, 3.05) is 0 Å². The first-order valence-electron chi connectivity index (χ1n) is 4.49. The van der Waals surface area contributed by atoms with Crippen molar-refractivity contribution in [1.82, 2.24) is 4.98 Å². The lowest BCUT2D eigenvalue weighted by molar-refractivity contribution is 1.32. The summed E-state index contributed by atoms with van der Waals surface area (Å²) < 4.78 is 0.961. The zero-order valence-electron chi connectivity index (χ0n) is 8.32. The van der Waals surface area contributed by atoms with Gasteiger partial charge >= 0.3 is 0 Å². The van der Waals surface area contributed by atoms with Crippen LogP contribution in [-0.2, 0) is 0 Å². The minimum Gasteiger partial charge on any atom is -0.360 e. The van der Waals surface area contributed by atoms with E-state index >= 15 is 0 Å². The number of aromatic nitrogens is 1. The third kappa shape index (κ3) is 1.60. The number of nitrogens with one attached hydrogen (secondary N) is 1. The molecule has 1 aromatic heterocycles. The van der Waals surface area contributed by atoms with Crippen molar-refractivity contribution in [3.8, 4) is 0 Å². The summed E-state index contributed by atoms with van der Waals surface area (Å²) in [6.45, 7) is 3.90. The van der Waals surface area contributed by atoms with E-state index in [1.54, 1.807) is 0 Å². The molecule has 0 aliphatic carbocycles. The molecule has 0 amide bonds. The van der Waals surface area contributed by atoms with Gasteiger partial charge in [0.05, 0.1) is 5.39 Å². The molecule has 78 valence electrons. The molecule has 2 nitrogen and oxygen atoms in total. The van der Waals surface area contributed by atoms with Crippen molar-refractivity contribution in [2.24, 2.45) is 0 Å². The van der Waals surface area contributed by atoms with Gasteiger partial charge in [-0.05, 0) is 31.0 Å². The number of pyridine rings is 1. The molecule has 0 fully saturated rings. The van der Waals surface area contributed by atoms with Crippen LogP contribution in [0, 0.1) is 13.8 Å². The predicted molar refractivity (Wildman–Crippen MR) is 66.8 cm³/mol. The first-order valence-corrected chi connectivity index (χ1v) is 5.66. The highest BCUT2D eigenvalue weighted by Crippen LogP contribution is 2.26. The van der Waals surface area contributed by atoms with Gasteiger partial charge in [0.15, 0.2) is 0 Å². The number of rotatable bonds is 0. The van der Waals surface area contributed by atoms with Gasteiger partial charge in [0.2, 0.25) is 5.43 Å². The number of hydrogen-bond donors (Lipinski definition) is 1. The van der Waals surface area contributed by atoms with E-state index < -0.39 is 0 Å². The van der Waals surface area contributed by atoms with E-state index in [-0.39, 0.29) is 10.5 Å². The number of aromatic amines is 1. The Hall–Kier alpha value is -0.800. The highest BCUT2D eigenvalue weighted by atomic mass is 79.9. The van der Waals surface area contributed by atoms with Gasteiger partial charge in [-0.25, -0.2) is 0 Å². The number of halogens is 2. The molecule has 0 radical (unpaired) electrons. The van der Waals surface area contributed by atoms with Crippen molar-refractivity contribution >= 4 is 38.4 Å². The molecule has 4 heteroatoms. The molecule has 1 heterocycles. The van der Waals surface area contributed by atoms with E-state index in [0.717, 1.165) is 21.1 Å². The molecule has 0 saturated heterocycles. The van der Waals surface area contributed by atoms with Gasteiger partial charge < -0.3 is 4.98 Å². The van der Waals surface area contributed by atoms with E-state index in [0.29, 0.717) is 5.39 Å². The van der Waals surface area contributed by atoms with Crippen LogP contribution < -0.4 is 5.43 Å². The van der Waals surface area contributed by atoms with Crippen LogP contribution in [0.3, 0.4) is 0 Å². The van der Waals surface area contributed by atoms with Crippen LogP contribution in [-0.4, -0.2) is 4.98 Å². The lowest BCUT2D eigenvalue weighted by Gasteiger charge is -2.07. The van der Waals surface area contributed by atoms with Crippen molar-refractivity contribution in [2.45, 2.75) is 13.8 Å². The van der Waals surface area contributed by atoms with Gasteiger partial charge in [-0.1, -0.05) is 27.5 Å². The summed E-state index contributed by atoms with van der Waals surface area (Å²) in [6, 6.07) is 1.93. The van der Waals surface area contributed by atoms with E-state index in [1.165, 1.54) is 6.20 Å². The second kappa shape index (κ2) is 3.65. The van der Waals surface area contributed by atoms with Crippen molar-refractivity contribution in [1.29, 1.82) is 0 Å². The molecule has 15 heavy (non-hydrogen) atoms. The van der Waals surface area contributed by atoms with Crippen LogP contribution >= 0.6 is 27.5 Å². The molecule has 1 N–H and O–H groups in total. The third-order valence-corrected chi connectivity index (χ3v) is 3.98. The fourth-order valence-corrected chi connectivity index (χ4v) is 2.15. The molecule has 0 saturated carbocycles. The van der Waals surface area contributed by atoms with Gasteiger partial charge in [-0.3, -0.25) is 4.79 Å². The topological polar surface area (TPSA) is 32.9 Å². The van der Waals surface area contributed by atoms with Gasteiger partial charge in [0.1, 0.15) is 5.02 Å². The van der Waals surface area contributed by atoms with E-state index in [9.17, 15) is 4.79 Å². The second-order valence-corrected chi connectivity index (χ2v) is 4.72.